The number of rotatable bonds is 9. The van der Waals surface area contributed by atoms with Gasteiger partial charge in [-0.1, -0.05) is 12.1 Å². The zero-order valence-electron chi connectivity index (χ0n) is 13.9. The lowest BCUT2D eigenvalue weighted by Gasteiger charge is -2.18. The third kappa shape index (κ3) is 6.02. The molecule has 0 aromatic heterocycles. The number of nitrogens with zero attached hydrogens (tertiary/aromatic N) is 1. The van der Waals surface area contributed by atoms with Gasteiger partial charge in [0.25, 0.3) is 0 Å². The normalized spacial score (nSPS) is 9.87. The summed E-state index contributed by atoms with van der Waals surface area (Å²) in [6, 6.07) is 5.63. The van der Waals surface area contributed by atoms with Gasteiger partial charge in [-0.05, 0) is 24.1 Å². The van der Waals surface area contributed by atoms with E-state index in [0.29, 0.717) is 31.0 Å². The Morgan fingerprint density at radius 2 is 1.96 bits per heavy atom. The van der Waals surface area contributed by atoms with Crippen molar-refractivity contribution in [2.75, 3.05) is 33.9 Å². The molecule has 6 nitrogen and oxygen atoms in total. The second-order valence-electron chi connectivity index (χ2n) is 4.98. The summed E-state index contributed by atoms with van der Waals surface area (Å²) in [7, 11) is 3.17. The molecule has 0 radical (unpaired) electrons. The van der Waals surface area contributed by atoms with Crippen LogP contribution in [0.2, 0.25) is 0 Å². The van der Waals surface area contributed by atoms with Gasteiger partial charge in [-0.25, -0.2) is 0 Å². The van der Waals surface area contributed by atoms with Crippen molar-refractivity contribution in [3.63, 3.8) is 0 Å². The first kappa shape index (κ1) is 18.5. The molecule has 23 heavy (non-hydrogen) atoms. The van der Waals surface area contributed by atoms with Crippen LogP contribution in [0.15, 0.2) is 30.9 Å². The van der Waals surface area contributed by atoms with Crippen molar-refractivity contribution in [1.82, 2.24) is 10.2 Å². The molecule has 0 aliphatic heterocycles. The lowest BCUT2D eigenvalue weighted by atomic mass is 10.1. The number of benzene rings is 1. The van der Waals surface area contributed by atoms with Crippen LogP contribution in [0, 0.1) is 0 Å². The van der Waals surface area contributed by atoms with Crippen molar-refractivity contribution < 1.29 is 19.1 Å². The number of hydrogen-bond acceptors (Lipinski definition) is 4. The quantitative estimate of drug-likeness (QED) is 0.698. The van der Waals surface area contributed by atoms with Crippen LogP contribution in [0.5, 0.6) is 11.5 Å². The van der Waals surface area contributed by atoms with Gasteiger partial charge in [-0.3, -0.25) is 9.59 Å². The van der Waals surface area contributed by atoms with Crippen molar-refractivity contribution in [3.8, 4) is 11.5 Å². The van der Waals surface area contributed by atoms with Gasteiger partial charge in [0, 0.05) is 20.0 Å². The summed E-state index contributed by atoms with van der Waals surface area (Å²) in [6.07, 6.45) is 2.26. The topological polar surface area (TPSA) is 67.9 Å². The molecule has 1 N–H and O–H groups in total. The molecule has 0 heterocycles. The minimum absolute atomic E-state index is 0.0350. The average molecular weight is 320 g/mol. The molecule has 2 amide bonds. The highest BCUT2D eigenvalue weighted by molar-refractivity contribution is 5.83. The van der Waals surface area contributed by atoms with E-state index < -0.39 is 0 Å². The Morgan fingerprint density at radius 1 is 1.26 bits per heavy atom. The fraction of sp³-hybridized carbons (Fsp3) is 0.412. The van der Waals surface area contributed by atoms with E-state index >= 15 is 0 Å². The fourth-order valence-corrected chi connectivity index (χ4v) is 2.07. The fourth-order valence-electron chi connectivity index (χ4n) is 2.07. The van der Waals surface area contributed by atoms with Gasteiger partial charge in [0.05, 0.1) is 20.8 Å². The number of ether oxygens (including phenoxy) is 2. The van der Waals surface area contributed by atoms with Gasteiger partial charge in [-0.2, -0.15) is 0 Å². The highest BCUT2D eigenvalue weighted by Gasteiger charge is 2.11. The number of amides is 2. The monoisotopic (exact) mass is 320 g/mol. The SMILES string of the molecule is C=CCN(CC(=O)NCCc1ccc(OC)c(OC)c1)C(C)=O. The zero-order chi connectivity index (χ0) is 17.2. The van der Waals surface area contributed by atoms with E-state index in [1.54, 1.807) is 20.3 Å². The van der Waals surface area contributed by atoms with Crippen molar-refractivity contribution in [1.29, 1.82) is 0 Å². The molecule has 0 saturated heterocycles. The summed E-state index contributed by atoms with van der Waals surface area (Å²) in [5, 5.41) is 2.80. The van der Waals surface area contributed by atoms with E-state index in [-0.39, 0.29) is 18.4 Å². The minimum Gasteiger partial charge on any atom is -0.493 e. The zero-order valence-corrected chi connectivity index (χ0v) is 13.9. The second kappa shape index (κ2) is 9.50. The Kier molecular flexibility index (Phi) is 7.66. The van der Waals surface area contributed by atoms with Crippen LogP contribution in [-0.4, -0.2) is 50.6 Å². The molecule has 0 unspecified atom stereocenters. The largest absolute Gasteiger partial charge is 0.493 e. The van der Waals surface area contributed by atoms with Gasteiger partial charge in [0.2, 0.25) is 11.8 Å². The summed E-state index contributed by atoms with van der Waals surface area (Å²) >= 11 is 0. The summed E-state index contributed by atoms with van der Waals surface area (Å²) in [5.74, 6) is 0.981. The summed E-state index contributed by atoms with van der Waals surface area (Å²) in [6.45, 7) is 5.88. The number of hydrogen-bond donors (Lipinski definition) is 1. The Hall–Kier alpha value is -2.50. The summed E-state index contributed by atoms with van der Waals surface area (Å²) in [4.78, 5) is 24.7. The Labute approximate surface area is 137 Å². The minimum atomic E-state index is -0.192. The van der Waals surface area contributed by atoms with Crippen molar-refractivity contribution in [3.05, 3.63) is 36.4 Å². The van der Waals surface area contributed by atoms with E-state index in [0.717, 1.165) is 5.56 Å². The van der Waals surface area contributed by atoms with E-state index in [9.17, 15) is 9.59 Å². The molecule has 0 spiro atoms. The third-order valence-corrected chi connectivity index (χ3v) is 3.31. The van der Waals surface area contributed by atoms with Gasteiger partial charge in [-0.15, -0.1) is 6.58 Å². The first-order valence-corrected chi connectivity index (χ1v) is 7.35. The highest BCUT2D eigenvalue weighted by Crippen LogP contribution is 2.27. The number of carbonyl (C=O) groups excluding carboxylic acids is 2. The van der Waals surface area contributed by atoms with Crippen LogP contribution in [0.3, 0.4) is 0 Å². The van der Waals surface area contributed by atoms with E-state index in [2.05, 4.69) is 11.9 Å². The molecule has 0 fully saturated rings. The van der Waals surface area contributed by atoms with Crippen LogP contribution in [0.4, 0.5) is 0 Å². The van der Waals surface area contributed by atoms with Crippen LogP contribution >= 0.6 is 0 Å². The molecule has 0 bridgehead atoms. The van der Waals surface area contributed by atoms with E-state index in [4.69, 9.17) is 9.47 Å². The molecular weight excluding hydrogens is 296 g/mol. The first-order valence-electron chi connectivity index (χ1n) is 7.35. The average Bonchev–Trinajstić information content (AvgIpc) is 2.54. The molecule has 0 aliphatic carbocycles. The Bertz CT molecular complexity index is 558. The number of nitrogens with one attached hydrogen (secondary N) is 1. The highest BCUT2D eigenvalue weighted by atomic mass is 16.5. The first-order chi connectivity index (χ1) is 11.0. The van der Waals surface area contributed by atoms with Gasteiger partial charge >= 0.3 is 0 Å². The maximum Gasteiger partial charge on any atom is 0.239 e. The molecular formula is C17H24N2O4. The van der Waals surface area contributed by atoms with Crippen LogP contribution in [-0.2, 0) is 16.0 Å². The maximum absolute atomic E-state index is 11.9. The van der Waals surface area contributed by atoms with Crippen molar-refractivity contribution in [2.24, 2.45) is 0 Å². The Balaban J connectivity index is 2.48. The van der Waals surface area contributed by atoms with Crippen LogP contribution < -0.4 is 14.8 Å². The number of carbonyl (C=O) groups is 2. The standard InChI is InChI=1S/C17H24N2O4/c1-5-10-19(13(2)20)12-17(21)18-9-8-14-6-7-15(22-3)16(11-14)23-4/h5-7,11H,1,8-10,12H2,2-4H3,(H,18,21). The molecule has 6 heteroatoms. The van der Waals surface area contributed by atoms with Crippen molar-refractivity contribution in [2.45, 2.75) is 13.3 Å². The van der Waals surface area contributed by atoms with Gasteiger partial charge < -0.3 is 19.7 Å². The van der Waals surface area contributed by atoms with Crippen LogP contribution in [0.25, 0.3) is 0 Å². The lowest BCUT2D eigenvalue weighted by Crippen LogP contribution is -2.40. The predicted molar refractivity (Wildman–Crippen MR) is 88.7 cm³/mol. The molecule has 0 aliphatic rings. The predicted octanol–water partition coefficient (Wildman–Crippen LogP) is 1.40. The molecule has 1 aromatic rings. The molecule has 1 aromatic carbocycles. The maximum atomic E-state index is 11.9. The third-order valence-electron chi connectivity index (χ3n) is 3.31. The Morgan fingerprint density at radius 3 is 2.52 bits per heavy atom. The van der Waals surface area contributed by atoms with Gasteiger partial charge in [0.15, 0.2) is 11.5 Å². The molecule has 0 atom stereocenters. The van der Waals surface area contributed by atoms with Gasteiger partial charge in [0.1, 0.15) is 0 Å². The second-order valence-corrected chi connectivity index (χ2v) is 4.98. The van der Waals surface area contributed by atoms with E-state index in [1.807, 2.05) is 18.2 Å². The summed E-state index contributed by atoms with van der Waals surface area (Å²) < 4.78 is 10.4. The lowest BCUT2D eigenvalue weighted by molar-refractivity contribution is -0.133. The van der Waals surface area contributed by atoms with E-state index in [1.165, 1.54) is 11.8 Å². The summed E-state index contributed by atoms with van der Waals surface area (Å²) in [5.41, 5.74) is 1.03. The number of methoxy groups -OCH3 is 2. The van der Waals surface area contributed by atoms with Crippen molar-refractivity contribution >= 4 is 11.8 Å². The molecule has 126 valence electrons. The van der Waals surface area contributed by atoms with Crippen LogP contribution in [0.1, 0.15) is 12.5 Å². The smallest absolute Gasteiger partial charge is 0.239 e. The molecule has 1 rings (SSSR count). The molecule has 0 saturated carbocycles.